The van der Waals surface area contributed by atoms with Gasteiger partial charge in [0.2, 0.25) is 0 Å². The molecule has 5 rings (SSSR count). The number of hydrogen-bond donors (Lipinski definition) is 0. The fourth-order valence-electron chi connectivity index (χ4n) is 3.72. The summed E-state index contributed by atoms with van der Waals surface area (Å²) in [5.41, 5.74) is 4.47. The van der Waals surface area contributed by atoms with Crippen LogP contribution in [0.15, 0.2) is 127 Å². The first kappa shape index (κ1) is 20.8. The Morgan fingerprint density at radius 1 is 0.375 bits per heavy atom. The summed E-state index contributed by atoms with van der Waals surface area (Å²) in [5.74, 6) is 0. The molecular weight excluding hydrogens is 424 g/mol. The Morgan fingerprint density at radius 3 is 1.25 bits per heavy atom. The van der Waals surface area contributed by atoms with Crippen molar-refractivity contribution in [3.63, 3.8) is 0 Å². The van der Waals surface area contributed by atoms with E-state index < -0.39 is 0 Å². The van der Waals surface area contributed by atoms with Crippen LogP contribution in [0.1, 0.15) is 0 Å². The molecule has 4 aromatic carbocycles. The highest BCUT2D eigenvalue weighted by Gasteiger charge is 2.11. The van der Waals surface area contributed by atoms with Crippen LogP contribution in [0.3, 0.4) is 0 Å². The van der Waals surface area contributed by atoms with Crippen LogP contribution in [-0.4, -0.2) is 4.98 Å². The van der Waals surface area contributed by atoms with Gasteiger partial charge in [-0.1, -0.05) is 132 Å². The maximum absolute atomic E-state index is 5.13. The molecule has 0 spiro atoms. The molecule has 2 atom stereocenters. The Labute approximate surface area is 193 Å². The highest BCUT2D eigenvalue weighted by atomic mass is 31.1. The van der Waals surface area contributed by atoms with E-state index in [9.17, 15) is 0 Å². The standard InChI is InChI=1S/C29H23NP2/c1-3-12-22(13-4-1)31-28-20-9-7-16-24(28)26-18-11-19-27(30-26)25-17-8-10-21-29(25)32-23-14-5-2-6-15-23/h1-21,31-32H. The van der Waals surface area contributed by atoms with Gasteiger partial charge in [0, 0.05) is 11.1 Å². The molecule has 0 fully saturated rings. The Kier molecular flexibility index (Phi) is 6.50. The number of benzene rings is 4. The summed E-state index contributed by atoms with van der Waals surface area (Å²) in [7, 11) is 1.21. The molecule has 0 amide bonds. The van der Waals surface area contributed by atoms with Gasteiger partial charge in [-0.3, -0.25) is 0 Å². The van der Waals surface area contributed by atoms with E-state index in [1.807, 2.05) is 0 Å². The average molecular weight is 447 g/mol. The van der Waals surface area contributed by atoms with E-state index in [0.717, 1.165) is 11.4 Å². The van der Waals surface area contributed by atoms with E-state index in [-0.39, 0.29) is 0 Å². The molecule has 154 valence electrons. The van der Waals surface area contributed by atoms with Gasteiger partial charge in [-0.15, -0.1) is 0 Å². The molecule has 1 heterocycles. The third kappa shape index (κ3) is 4.86. The smallest absolute Gasteiger partial charge is 0.0715 e. The van der Waals surface area contributed by atoms with Crippen LogP contribution in [0, 0.1) is 0 Å². The van der Waals surface area contributed by atoms with E-state index >= 15 is 0 Å². The van der Waals surface area contributed by atoms with Crippen LogP contribution in [0.25, 0.3) is 22.5 Å². The van der Waals surface area contributed by atoms with Crippen molar-refractivity contribution in [2.24, 2.45) is 0 Å². The average Bonchev–Trinajstić information content (AvgIpc) is 2.86. The lowest BCUT2D eigenvalue weighted by Crippen LogP contribution is -2.08. The van der Waals surface area contributed by atoms with Crippen molar-refractivity contribution in [2.75, 3.05) is 0 Å². The predicted octanol–water partition coefficient (Wildman–Crippen LogP) is 5.67. The van der Waals surface area contributed by atoms with Crippen molar-refractivity contribution in [1.82, 2.24) is 4.98 Å². The van der Waals surface area contributed by atoms with E-state index in [4.69, 9.17) is 4.98 Å². The second-order valence-electron chi connectivity index (χ2n) is 7.48. The van der Waals surface area contributed by atoms with Gasteiger partial charge in [-0.25, -0.2) is 4.98 Å². The molecule has 2 unspecified atom stereocenters. The van der Waals surface area contributed by atoms with Crippen LogP contribution in [0.5, 0.6) is 0 Å². The molecular formula is C29H23NP2. The van der Waals surface area contributed by atoms with Crippen LogP contribution >= 0.6 is 17.2 Å². The summed E-state index contributed by atoms with van der Waals surface area (Å²) in [4.78, 5) is 5.13. The Balaban J connectivity index is 1.51. The lowest BCUT2D eigenvalue weighted by molar-refractivity contribution is 1.33. The Morgan fingerprint density at radius 2 is 0.781 bits per heavy atom. The zero-order valence-electron chi connectivity index (χ0n) is 17.6. The number of rotatable bonds is 6. The molecule has 3 heteroatoms. The summed E-state index contributed by atoms with van der Waals surface area (Å²) >= 11 is 0. The highest BCUT2D eigenvalue weighted by molar-refractivity contribution is 7.56. The molecule has 0 radical (unpaired) electrons. The van der Waals surface area contributed by atoms with Gasteiger partial charge in [0.15, 0.2) is 0 Å². The van der Waals surface area contributed by atoms with Gasteiger partial charge in [0.25, 0.3) is 0 Å². The first-order chi connectivity index (χ1) is 15.9. The Bertz CT molecular complexity index is 1220. The summed E-state index contributed by atoms with van der Waals surface area (Å²) in [6.07, 6.45) is 0. The molecule has 0 saturated carbocycles. The minimum atomic E-state index is 0.605. The zero-order chi connectivity index (χ0) is 21.6. The lowest BCUT2D eigenvalue weighted by Gasteiger charge is -2.13. The summed E-state index contributed by atoms with van der Waals surface area (Å²) in [6, 6.07) is 45.0. The number of pyridine rings is 1. The van der Waals surface area contributed by atoms with Crippen molar-refractivity contribution in [3.05, 3.63) is 127 Å². The molecule has 0 N–H and O–H groups in total. The Hall–Kier alpha value is -3.11. The summed E-state index contributed by atoms with van der Waals surface area (Å²) in [5, 5.41) is 5.32. The summed E-state index contributed by atoms with van der Waals surface area (Å²) in [6.45, 7) is 0. The maximum Gasteiger partial charge on any atom is 0.0715 e. The number of nitrogens with zero attached hydrogens (tertiary/aromatic N) is 1. The minimum absolute atomic E-state index is 0.605. The maximum atomic E-state index is 5.13. The molecule has 0 aliphatic rings. The van der Waals surface area contributed by atoms with Crippen LogP contribution in [0.4, 0.5) is 0 Å². The molecule has 1 aromatic heterocycles. The van der Waals surface area contributed by atoms with Crippen molar-refractivity contribution in [2.45, 2.75) is 0 Å². The van der Waals surface area contributed by atoms with E-state index in [0.29, 0.717) is 17.2 Å². The fourth-order valence-corrected chi connectivity index (χ4v) is 6.11. The van der Waals surface area contributed by atoms with Gasteiger partial charge >= 0.3 is 0 Å². The van der Waals surface area contributed by atoms with Gasteiger partial charge in [-0.05, 0) is 33.4 Å². The monoisotopic (exact) mass is 447 g/mol. The van der Waals surface area contributed by atoms with Gasteiger partial charge in [0.1, 0.15) is 0 Å². The molecule has 0 aliphatic carbocycles. The largest absolute Gasteiger partial charge is 0.248 e. The SMILES string of the molecule is c1ccc(Pc2ccccc2-c2cccc(-c3ccccc3Pc3ccccc3)n2)cc1. The highest BCUT2D eigenvalue weighted by Crippen LogP contribution is 2.26. The fraction of sp³-hybridized carbons (Fsp3) is 0. The first-order valence-corrected chi connectivity index (χ1v) is 12.7. The molecule has 1 nitrogen and oxygen atoms in total. The lowest BCUT2D eigenvalue weighted by atomic mass is 10.1. The van der Waals surface area contributed by atoms with E-state index in [1.165, 1.54) is 32.3 Å². The van der Waals surface area contributed by atoms with E-state index in [2.05, 4.69) is 127 Å². The van der Waals surface area contributed by atoms with Gasteiger partial charge < -0.3 is 0 Å². The zero-order valence-corrected chi connectivity index (χ0v) is 19.6. The quantitative estimate of drug-likeness (QED) is 0.306. The van der Waals surface area contributed by atoms with Crippen LogP contribution < -0.4 is 21.2 Å². The number of hydrogen-bond acceptors (Lipinski definition) is 1. The molecule has 5 aromatic rings. The van der Waals surface area contributed by atoms with Crippen molar-refractivity contribution >= 4 is 38.4 Å². The minimum Gasteiger partial charge on any atom is -0.248 e. The van der Waals surface area contributed by atoms with Crippen molar-refractivity contribution in [3.8, 4) is 22.5 Å². The van der Waals surface area contributed by atoms with Crippen molar-refractivity contribution < 1.29 is 0 Å². The molecule has 0 aliphatic heterocycles. The normalized spacial score (nSPS) is 11.5. The molecule has 32 heavy (non-hydrogen) atoms. The van der Waals surface area contributed by atoms with Crippen LogP contribution in [-0.2, 0) is 0 Å². The van der Waals surface area contributed by atoms with Gasteiger partial charge in [-0.2, -0.15) is 0 Å². The third-order valence-electron chi connectivity index (χ3n) is 5.26. The van der Waals surface area contributed by atoms with Crippen LogP contribution in [0.2, 0.25) is 0 Å². The second kappa shape index (κ2) is 10.0. The predicted molar refractivity (Wildman–Crippen MR) is 143 cm³/mol. The molecule has 0 bridgehead atoms. The topological polar surface area (TPSA) is 12.9 Å². The van der Waals surface area contributed by atoms with Crippen molar-refractivity contribution in [1.29, 1.82) is 0 Å². The third-order valence-corrected chi connectivity index (χ3v) is 7.92. The van der Waals surface area contributed by atoms with Gasteiger partial charge in [0.05, 0.1) is 11.4 Å². The molecule has 0 saturated heterocycles. The van der Waals surface area contributed by atoms with E-state index in [1.54, 1.807) is 0 Å². The number of aromatic nitrogens is 1. The summed E-state index contributed by atoms with van der Waals surface area (Å²) < 4.78 is 0. The second-order valence-corrected chi connectivity index (χ2v) is 10.2. The first-order valence-electron chi connectivity index (χ1n) is 10.7.